The third-order valence-electron chi connectivity index (χ3n) is 2.74. The minimum atomic E-state index is -0.598. The highest BCUT2D eigenvalue weighted by molar-refractivity contribution is 8.15. The fraction of sp³-hybridized carbons (Fsp3) is 0.357. The van der Waals surface area contributed by atoms with Crippen LogP contribution in [0, 0.1) is 0 Å². The molecule has 0 amide bonds. The van der Waals surface area contributed by atoms with Gasteiger partial charge < -0.3 is 10.5 Å². The topological polar surface area (TPSA) is 47.6 Å². The second-order valence-electron chi connectivity index (χ2n) is 3.89. The fourth-order valence-corrected chi connectivity index (χ4v) is 2.51. The quantitative estimate of drug-likeness (QED) is 0.516. The fourth-order valence-electron chi connectivity index (χ4n) is 1.48. The van der Waals surface area contributed by atoms with Crippen LogP contribution in [-0.4, -0.2) is 24.1 Å². The Kier molecular flexibility index (Phi) is 5.44. The first-order valence-electron chi connectivity index (χ1n) is 5.76. The lowest BCUT2D eigenvalue weighted by Crippen LogP contribution is -2.32. The molecule has 0 saturated heterocycles. The van der Waals surface area contributed by atoms with Gasteiger partial charge in [-0.05, 0) is 13.8 Å². The van der Waals surface area contributed by atoms with Gasteiger partial charge in [0, 0.05) is 25.4 Å². The van der Waals surface area contributed by atoms with E-state index in [1.165, 1.54) is 11.8 Å². The maximum Gasteiger partial charge on any atom is 0.155 e. The third kappa shape index (κ3) is 3.37. The minimum Gasteiger partial charge on any atom is -0.399 e. The van der Waals surface area contributed by atoms with Gasteiger partial charge in [-0.2, -0.15) is 0 Å². The van der Waals surface area contributed by atoms with Crippen molar-refractivity contribution in [2.75, 3.05) is 14.2 Å². The van der Waals surface area contributed by atoms with Gasteiger partial charge in [-0.1, -0.05) is 48.2 Å². The Morgan fingerprint density at radius 1 is 1.39 bits per heavy atom. The lowest BCUT2D eigenvalue weighted by molar-refractivity contribution is 0.117. The van der Waals surface area contributed by atoms with Gasteiger partial charge in [-0.3, -0.25) is 4.99 Å². The molecule has 0 aliphatic heterocycles. The molecule has 1 atom stereocenters. The lowest BCUT2D eigenvalue weighted by Gasteiger charge is -2.28. The Labute approximate surface area is 113 Å². The van der Waals surface area contributed by atoms with E-state index in [-0.39, 0.29) is 0 Å². The van der Waals surface area contributed by atoms with Crippen molar-refractivity contribution in [3.63, 3.8) is 0 Å². The largest absolute Gasteiger partial charge is 0.399 e. The van der Waals surface area contributed by atoms with Crippen molar-refractivity contribution in [1.82, 2.24) is 0 Å². The molecule has 0 aliphatic carbocycles. The molecule has 0 fully saturated rings. The van der Waals surface area contributed by atoms with Crippen LogP contribution in [0.2, 0.25) is 0 Å². The summed E-state index contributed by atoms with van der Waals surface area (Å²) < 4.78 is 5.53. The maximum atomic E-state index is 6.00. The van der Waals surface area contributed by atoms with Crippen molar-refractivity contribution in [1.29, 1.82) is 0 Å². The number of rotatable bonds is 4. The summed E-state index contributed by atoms with van der Waals surface area (Å²) in [6.45, 7) is 3.85. The molecule has 1 aromatic rings. The molecule has 0 aromatic heterocycles. The van der Waals surface area contributed by atoms with Gasteiger partial charge in [-0.25, -0.2) is 0 Å². The zero-order valence-corrected chi connectivity index (χ0v) is 12.1. The number of hydrogen-bond acceptors (Lipinski definition) is 4. The van der Waals surface area contributed by atoms with Crippen LogP contribution in [0.4, 0.5) is 0 Å². The van der Waals surface area contributed by atoms with Crippen molar-refractivity contribution < 1.29 is 4.74 Å². The Hall–Kier alpha value is -1.26. The van der Waals surface area contributed by atoms with Crippen molar-refractivity contribution in [3.05, 3.63) is 47.7 Å². The number of benzene rings is 1. The molecule has 0 aliphatic rings. The lowest BCUT2D eigenvalue weighted by atomic mass is 10.2. The summed E-state index contributed by atoms with van der Waals surface area (Å²) in [5, 5.41) is 0.907. The Balaban J connectivity index is 3.00. The SMILES string of the molecule is C/C=C(/N)C(C)(OC)SC(=NC)c1ccccc1. The normalized spacial score (nSPS) is 16.4. The number of nitrogens with zero attached hydrogens (tertiary/aromatic N) is 1. The van der Waals surface area contributed by atoms with Crippen LogP contribution in [0.15, 0.2) is 47.1 Å². The first kappa shape index (κ1) is 14.8. The van der Waals surface area contributed by atoms with Crippen LogP contribution in [0.5, 0.6) is 0 Å². The predicted molar refractivity (Wildman–Crippen MR) is 79.9 cm³/mol. The van der Waals surface area contributed by atoms with Crippen molar-refractivity contribution in [2.24, 2.45) is 10.7 Å². The molecule has 0 heterocycles. The molecule has 18 heavy (non-hydrogen) atoms. The van der Waals surface area contributed by atoms with Crippen LogP contribution in [0.1, 0.15) is 19.4 Å². The monoisotopic (exact) mass is 264 g/mol. The van der Waals surface area contributed by atoms with Gasteiger partial charge in [0.2, 0.25) is 0 Å². The number of allylic oxidation sites excluding steroid dienone is 1. The summed E-state index contributed by atoms with van der Waals surface area (Å²) in [4.78, 5) is 3.73. The van der Waals surface area contributed by atoms with E-state index >= 15 is 0 Å². The van der Waals surface area contributed by atoms with E-state index in [4.69, 9.17) is 10.5 Å². The zero-order valence-electron chi connectivity index (χ0n) is 11.3. The summed E-state index contributed by atoms with van der Waals surface area (Å²) in [7, 11) is 3.43. The molecule has 1 rings (SSSR count). The predicted octanol–water partition coefficient (Wildman–Crippen LogP) is 3.02. The van der Waals surface area contributed by atoms with Crippen LogP contribution >= 0.6 is 11.8 Å². The maximum absolute atomic E-state index is 6.00. The number of thioether (sulfide) groups is 1. The summed E-state index contributed by atoms with van der Waals surface area (Å²) in [5.74, 6) is 0. The summed E-state index contributed by atoms with van der Waals surface area (Å²) in [5.41, 5.74) is 7.76. The van der Waals surface area contributed by atoms with E-state index < -0.39 is 4.93 Å². The Morgan fingerprint density at radius 2 is 2.00 bits per heavy atom. The molecule has 1 aromatic carbocycles. The van der Waals surface area contributed by atoms with E-state index in [9.17, 15) is 0 Å². The third-order valence-corrected chi connectivity index (χ3v) is 4.14. The minimum absolute atomic E-state index is 0.598. The summed E-state index contributed by atoms with van der Waals surface area (Å²) >= 11 is 1.51. The second kappa shape index (κ2) is 6.61. The molecule has 2 N–H and O–H groups in total. The smallest absolute Gasteiger partial charge is 0.155 e. The van der Waals surface area contributed by atoms with Gasteiger partial charge >= 0.3 is 0 Å². The Bertz CT molecular complexity index is 442. The van der Waals surface area contributed by atoms with Crippen molar-refractivity contribution >= 4 is 16.8 Å². The van der Waals surface area contributed by atoms with Gasteiger partial charge in [-0.15, -0.1) is 0 Å². The number of hydrogen-bond donors (Lipinski definition) is 1. The van der Waals surface area contributed by atoms with E-state index in [1.807, 2.05) is 50.3 Å². The molecule has 0 spiro atoms. The highest BCUT2D eigenvalue weighted by Gasteiger charge is 2.30. The van der Waals surface area contributed by atoms with E-state index in [0.29, 0.717) is 5.70 Å². The first-order valence-corrected chi connectivity index (χ1v) is 6.57. The van der Waals surface area contributed by atoms with Crippen LogP contribution in [0.3, 0.4) is 0 Å². The second-order valence-corrected chi connectivity index (χ2v) is 5.26. The number of aliphatic imine (C=N–C) groups is 1. The summed E-state index contributed by atoms with van der Waals surface area (Å²) in [6, 6.07) is 10.0. The van der Waals surface area contributed by atoms with Crippen molar-refractivity contribution in [3.8, 4) is 0 Å². The van der Waals surface area contributed by atoms with Crippen LogP contribution in [-0.2, 0) is 4.74 Å². The summed E-state index contributed by atoms with van der Waals surface area (Å²) in [6.07, 6.45) is 1.86. The van der Waals surface area contributed by atoms with Gasteiger partial charge in [0.15, 0.2) is 4.93 Å². The van der Waals surface area contributed by atoms with E-state index in [2.05, 4.69) is 4.99 Å². The zero-order chi connectivity index (χ0) is 13.6. The number of methoxy groups -OCH3 is 1. The first-order chi connectivity index (χ1) is 8.57. The molecule has 98 valence electrons. The molecule has 0 radical (unpaired) electrons. The highest BCUT2D eigenvalue weighted by Crippen LogP contribution is 2.34. The average molecular weight is 264 g/mol. The van der Waals surface area contributed by atoms with E-state index in [0.717, 1.165) is 10.6 Å². The molecule has 0 saturated carbocycles. The molecule has 1 unspecified atom stereocenters. The molecule has 0 bridgehead atoms. The van der Waals surface area contributed by atoms with Gasteiger partial charge in [0.1, 0.15) is 5.04 Å². The standard InChI is InChI=1S/C14H20N2OS/c1-5-12(15)14(2,17-4)18-13(16-3)11-9-7-6-8-10-11/h5-10H,15H2,1-4H3/b12-5+,16-13?. The van der Waals surface area contributed by atoms with Crippen LogP contribution < -0.4 is 5.73 Å². The number of nitrogens with two attached hydrogens (primary N) is 1. The number of ether oxygens (including phenoxy) is 1. The Morgan fingerprint density at radius 3 is 2.44 bits per heavy atom. The molecule has 4 heteroatoms. The van der Waals surface area contributed by atoms with Gasteiger partial charge in [0.05, 0.1) is 0 Å². The molecular weight excluding hydrogens is 244 g/mol. The average Bonchev–Trinajstić information content (AvgIpc) is 2.44. The van der Waals surface area contributed by atoms with Gasteiger partial charge in [0.25, 0.3) is 0 Å². The highest BCUT2D eigenvalue weighted by atomic mass is 32.2. The van der Waals surface area contributed by atoms with Crippen LogP contribution in [0.25, 0.3) is 0 Å². The molecular formula is C14H20N2OS. The van der Waals surface area contributed by atoms with Crippen molar-refractivity contribution in [2.45, 2.75) is 18.8 Å². The molecule has 3 nitrogen and oxygen atoms in total. The van der Waals surface area contributed by atoms with E-state index in [1.54, 1.807) is 14.2 Å².